The molecule has 1 heterocycles. The molecule has 0 aromatic heterocycles. The largest absolute Gasteiger partial charge is 0.444 e. The van der Waals surface area contributed by atoms with Crippen LogP contribution in [0.5, 0.6) is 0 Å². The standard InChI is InChI=1S/C12H20N2O3/c1-12(2,3)17-11(15)14-7-4-8-16-9-10(14)5-6-13/h10H,4-5,7-9H2,1-3H3/t10-/m0/s1. The summed E-state index contributed by atoms with van der Waals surface area (Å²) in [4.78, 5) is 13.6. The van der Waals surface area contributed by atoms with E-state index in [0.717, 1.165) is 6.42 Å². The lowest BCUT2D eigenvalue weighted by Crippen LogP contribution is -2.44. The molecule has 0 saturated carbocycles. The van der Waals surface area contributed by atoms with Crippen molar-refractivity contribution < 1.29 is 14.3 Å². The molecule has 1 aliphatic heterocycles. The second-order valence-electron chi connectivity index (χ2n) is 5.12. The summed E-state index contributed by atoms with van der Waals surface area (Å²) in [5.74, 6) is 0. The zero-order valence-corrected chi connectivity index (χ0v) is 10.7. The van der Waals surface area contributed by atoms with Gasteiger partial charge in [-0.1, -0.05) is 0 Å². The molecule has 0 aromatic rings. The third kappa shape index (κ3) is 4.61. The molecular formula is C12H20N2O3. The van der Waals surface area contributed by atoms with E-state index in [4.69, 9.17) is 14.7 Å². The first-order valence-corrected chi connectivity index (χ1v) is 5.88. The summed E-state index contributed by atoms with van der Waals surface area (Å²) in [7, 11) is 0. The molecule has 1 fully saturated rings. The van der Waals surface area contributed by atoms with E-state index in [1.165, 1.54) is 0 Å². The molecule has 96 valence electrons. The van der Waals surface area contributed by atoms with Gasteiger partial charge in [0, 0.05) is 13.2 Å². The van der Waals surface area contributed by atoms with Crippen LogP contribution in [-0.2, 0) is 9.47 Å². The smallest absolute Gasteiger partial charge is 0.410 e. The van der Waals surface area contributed by atoms with Crippen molar-refractivity contribution in [2.75, 3.05) is 19.8 Å². The van der Waals surface area contributed by atoms with Crippen molar-refractivity contribution in [2.24, 2.45) is 0 Å². The van der Waals surface area contributed by atoms with Gasteiger partial charge in [0.05, 0.1) is 25.1 Å². The maximum absolute atomic E-state index is 12.0. The zero-order chi connectivity index (χ0) is 12.9. The number of hydrogen-bond acceptors (Lipinski definition) is 4. The number of carbonyl (C=O) groups is 1. The van der Waals surface area contributed by atoms with Gasteiger partial charge in [0.1, 0.15) is 5.60 Å². The van der Waals surface area contributed by atoms with Gasteiger partial charge in [-0.05, 0) is 27.2 Å². The highest BCUT2D eigenvalue weighted by Gasteiger charge is 2.29. The van der Waals surface area contributed by atoms with Gasteiger partial charge in [-0.25, -0.2) is 4.79 Å². The molecule has 0 aliphatic carbocycles. The van der Waals surface area contributed by atoms with E-state index in [1.54, 1.807) is 4.90 Å². The van der Waals surface area contributed by atoms with E-state index < -0.39 is 5.60 Å². The summed E-state index contributed by atoms with van der Waals surface area (Å²) in [5.41, 5.74) is -0.512. The highest BCUT2D eigenvalue weighted by Crippen LogP contribution is 2.16. The second-order valence-corrected chi connectivity index (χ2v) is 5.12. The SMILES string of the molecule is CC(C)(C)OC(=O)N1CCCOC[C@@H]1CC#N. The molecule has 0 aromatic carbocycles. The molecule has 0 N–H and O–H groups in total. The highest BCUT2D eigenvalue weighted by molar-refractivity contribution is 5.68. The van der Waals surface area contributed by atoms with Crippen molar-refractivity contribution in [3.63, 3.8) is 0 Å². The molecule has 1 atom stereocenters. The normalized spacial score (nSPS) is 21.5. The molecule has 0 radical (unpaired) electrons. The molecule has 5 nitrogen and oxygen atoms in total. The third-order valence-electron chi connectivity index (χ3n) is 2.39. The molecule has 17 heavy (non-hydrogen) atoms. The van der Waals surface area contributed by atoms with E-state index in [0.29, 0.717) is 19.8 Å². The first-order valence-electron chi connectivity index (χ1n) is 5.88. The first-order chi connectivity index (χ1) is 7.94. The number of ether oxygens (including phenoxy) is 2. The molecule has 0 bridgehead atoms. The molecule has 1 aliphatic rings. The van der Waals surface area contributed by atoms with Crippen LogP contribution in [0.3, 0.4) is 0 Å². The lowest BCUT2D eigenvalue weighted by Gasteiger charge is -2.30. The van der Waals surface area contributed by atoms with Crippen molar-refractivity contribution >= 4 is 6.09 Å². The molecule has 5 heteroatoms. The van der Waals surface area contributed by atoms with Crippen LogP contribution in [0.25, 0.3) is 0 Å². The second kappa shape index (κ2) is 5.87. The number of nitriles is 1. The summed E-state index contributed by atoms with van der Waals surface area (Å²) in [6.07, 6.45) is 0.698. The van der Waals surface area contributed by atoms with E-state index >= 15 is 0 Å². The fourth-order valence-corrected chi connectivity index (χ4v) is 1.66. The quantitative estimate of drug-likeness (QED) is 0.702. The van der Waals surface area contributed by atoms with Gasteiger partial charge in [-0.3, -0.25) is 0 Å². The highest BCUT2D eigenvalue weighted by atomic mass is 16.6. The van der Waals surface area contributed by atoms with Crippen LogP contribution in [0.1, 0.15) is 33.6 Å². The minimum absolute atomic E-state index is 0.197. The van der Waals surface area contributed by atoms with Gasteiger partial charge in [0.15, 0.2) is 0 Å². The van der Waals surface area contributed by atoms with Crippen molar-refractivity contribution in [2.45, 2.75) is 45.3 Å². The zero-order valence-electron chi connectivity index (χ0n) is 10.7. The first kappa shape index (κ1) is 13.8. The van der Waals surface area contributed by atoms with Crippen LogP contribution in [0, 0.1) is 11.3 Å². The number of nitrogens with zero attached hydrogens (tertiary/aromatic N) is 2. The molecule has 1 amide bonds. The Kier molecular flexibility index (Phi) is 4.76. The van der Waals surface area contributed by atoms with Crippen LogP contribution in [0.2, 0.25) is 0 Å². The van der Waals surface area contributed by atoms with Gasteiger partial charge >= 0.3 is 6.09 Å². The van der Waals surface area contributed by atoms with Crippen molar-refractivity contribution in [1.82, 2.24) is 4.90 Å². The van der Waals surface area contributed by atoms with Crippen LogP contribution >= 0.6 is 0 Å². The van der Waals surface area contributed by atoms with Crippen molar-refractivity contribution in [3.8, 4) is 6.07 Å². The summed E-state index contributed by atoms with van der Waals surface area (Å²) in [5, 5.41) is 8.76. The fourth-order valence-electron chi connectivity index (χ4n) is 1.66. The lowest BCUT2D eigenvalue weighted by molar-refractivity contribution is 0.0128. The molecule has 1 rings (SSSR count). The number of amides is 1. The van der Waals surface area contributed by atoms with E-state index in [9.17, 15) is 4.79 Å². The molecule has 0 unspecified atom stereocenters. The fraction of sp³-hybridized carbons (Fsp3) is 0.833. The topological polar surface area (TPSA) is 62.6 Å². The predicted molar refractivity (Wildman–Crippen MR) is 62.4 cm³/mol. The van der Waals surface area contributed by atoms with Crippen LogP contribution in [0.15, 0.2) is 0 Å². The van der Waals surface area contributed by atoms with E-state index in [2.05, 4.69) is 6.07 Å². The monoisotopic (exact) mass is 240 g/mol. The average Bonchev–Trinajstić information content (AvgIpc) is 2.41. The Hall–Kier alpha value is -1.28. The predicted octanol–water partition coefficient (Wildman–Crippen LogP) is 1.93. The van der Waals surface area contributed by atoms with Crippen LogP contribution in [-0.4, -0.2) is 42.4 Å². The van der Waals surface area contributed by atoms with Crippen molar-refractivity contribution in [1.29, 1.82) is 5.26 Å². The van der Waals surface area contributed by atoms with Crippen LogP contribution in [0.4, 0.5) is 4.79 Å². The number of carbonyl (C=O) groups excluding carboxylic acids is 1. The Morgan fingerprint density at radius 2 is 2.29 bits per heavy atom. The average molecular weight is 240 g/mol. The van der Waals surface area contributed by atoms with Gasteiger partial charge in [0.2, 0.25) is 0 Å². The molecule has 0 spiro atoms. The Bertz CT molecular complexity index is 304. The summed E-state index contributed by atoms with van der Waals surface area (Å²) >= 11 is 0. The molecule has 1 saturated heterocycles. The van der Waals surface area contributed by atoms with Gasteiger partial charge in [-0.2, -0.15) is 5.26 Å². The van der Waals surface area contributed by atoms with E-state index in [-0.39, 0.29) is 18.6 Å². The number of hydrogen-bond donors (Lipinski definition) is 0. The summed E-state index contributed by atoms with van der Waals surface area (Å²) in [6.45, 7) is 7.12. The Balaban J connectivity index is 2.68. The minimum Gasteiger partial charge on any atom is -0.444 e. The third-order valence-corrected chi connectivity index (χ3v) is 2.39. The molecular weight excluding hydrogens is 220 g/mol. The number of rotatable bonds is 1. The summed E-state index contributed by atoms with van der Waals surface area (Å²) in [6, 6.07) is 1.89. The summed E-state index contributed by atoms with van der Waals surface area (Å²) < 4.78 is 10.7. The lowest BCUT2D eigenvalue weighted by atomic mass is 10.2. The van der Waals surface area contributed by atoms with Gasteiger partial charge in [-0.15, -0.1) is 0 Å². The Morgan fingerprint density at radius 1 is 1.59 bits per heavy atom. The Labute approximate surface area is 102 Å². The maximum atomic E-state index is 12.0. The van der Waals surface area contributed by atoms with Crippen molar-refractivity contribution in [3.05, 3.63) is 0 Å². The Morgan fingerprint density at radius 3 is 2.88 bits per heavy atom. The maximum Gasteiger partial charge on any atom is 0.410 e. The minimum atomic E-state index is -0.512. The van der Waals surface area contributed by atoms with Crippen LogP contribution < -0.4 is 0 Å². The van der Waals surface area contributed by atoms with E-state index in [1.807, 2.05) is 20.8 Å². The van der Waals surface area contributed by atoms with Gasteiger partial charge < -0.3 is 14.4 Å². The van der Waals surface area contributed by atoms with Gasteiger partial charge in [0.25, 0.3) is 0 Å².